The zero-order valence-electron chi connectivity index (χ0n) is 23.3. The minimum atomic E-state index is -0.608. The van der Waals surface area contributed by atoms with Crippen molar-refractivity contribution in [3.05, 3.63) is 101 Å². The van der Waals surface area contributed by atoms with Gasteiger partial charge in [0.2, 0.25) is 11.8 Å². The van der Waals surface area contributed by atoms with Gasteiger partial charge in [0, 0.05) is 33.1 Å². The molecule has 2 unspecified atom stereocenters. The van der Waals surface area contributed by atoms with Gasteiger partial charge < -0.3 is 20.3 Å². The lowest BCUT2D eigenvalue weighted by atomic mass is 9.80. The lowest BCUT2D eigenvalue weighted by molar-refractivity contribution is -0.124. The lowest BCUT2D eigenvalue weighted by Crippen LogP contribution is -2.53. The molecule has 6 nitrogen and oxygen atoms in total. The predicted molar refractivity (Wildman–Crippen MR) is 154 cm³/mol. The van der Waals surface area contributed by atoms with Gasteiger partial charge in [-0.15, -0.1) is 0 Å². The molecule has 0 radical (unpaired) electrons. The normalized spacial score (nSPS) is 21.8. The fourth-order valence-corrected chi connectivity index (χ4v) is 6.35. The van der Waals surface area contributed by atoms with E-state index in [1.54, 1.807) is 26.2 Å². The van der Waals surface area contributed by atoms with Crippen molar-refractivity contribution in [2.75, 3.05) is 33.3 Å². The molecule has 2 aliphatic rings. The second-order valence-electron chi connectivity index (χ2n) is 11.2. The first-order valence-corrected chi connectivity index (χ1v) is 14.1. The fourth-order valence-electron chi connectivity index (χ4n) is 6.35. The number of amides is 2. The molecule has 1 saturated carbocycles. The van der Waals surface area contributed by atoms with E-state index in [-0.39, 0.29) is 29.1 Å². The van der Waals surface area contributed by atoms with Gasteiger partial charge in [0.15, 0.2) is 0 Å². The second kappa shape index (κ2) is 11.8. The van der Waals surface area contributed by atoms with E-state index in [0.29, 0.717) is 13.0 Å². The van der Waals surface area contributed by atoms with E-state index in [0.717, 1.165) is 61.3 Å². The van der Waals surface area contributed by atoms with Gasteiger partial charge in [-0.05, 0) is 72.6 Å². The Morgan fingerprint density at radius 2 is 1.68 bits per heavy atom. The van der Waals surface area contributed by atoms with Gasteiger partial charge in [0.25, 0.3) is 0 Å². The molecule has 3 aromatic carbocycles. The highest BCUT2D eigenvalue weighted by Crippen LogP contribution is 2.55. The first-order chi connectivity index (χ1) is 19.3. The van der Waals surface area contributed by atoms with Gasteiger partial charge in [0.05, 0.1) is 18.1 Å². The Bertz CT molecular complexity index is 1320. The maximum atomic E-state index is 13.8. The smallest absolute Gasteiger partial charge is 0.231 e. The minimum Gasteiger partial charge on any atom is -0.497 e. The molecule has 3 aromatic rings. The zero-order chi connectivity index (χ0) is 28.2. The number of rotatable bonds is 10. The van der Waals surface area contributed by atoms with Crippen molar-refractivity contribution in [3.63, 3.8) is 0 Å². The van der Waals surface area contributed by atoms with Crippen molar-refractivity contribution >= 4 is 11.8 Å². The molecule has 0 spiro atoms. The van der Waals surface area contributed by atoms with Crippen LogP contribution in [0, 0.1) is 11.7 Å². The van der Waals surface area contributed by atoms with Crippen molar-refractivity contribution in [2.45, 2.75) is 43.6 Å². The van der Waals surface area contributed by atoms with Crippen molar-refractivity contribution < 1.29 is 18.7 Å². The molecule has 1 saturated heterocycles. The summed E-state index contributed by atoms with van der Waals surface area (Å²) in [6.45, 7) is 4.56. The molecule has 0 bridgehead atoms. The van der Waals surface area contributed by atoms with Gasteiger partial charge in [-0.1, -0.05) is 54.6 Å². The van der Waals surface area contributed by atoms with Crippen LogP contribution in [0.5, 0.6) is 5.75 Å². The molecule has 2 fully saturated rings. The Morgan fingerprint density at radius 1 is 0.975 bits per heavy atom. The van der Waals surface area contributed by atoms with Crippen LogP contribution in [0.1, 0.15) is 42.9 Å². The van der Waals surface area contributed by atoms with Crippen LogP contribution in [-0.4, -0.2) is 50.0 Å². The van der Waals surface area contributed by atoms with E-state index in [9.17, 15) is 14.0 Å². The molecule has 1 heterocycles. The summed E-state index contributed by atoms with van der Waals surface area (Å²) in [6, 6.07) is 24.5. The third kappa shape index (κ3) is 5.89. The van der Waals surface area contributed by atoms with Crippen LogP contribution < -0.4 is 15.4 Å². The molecular weight excluding hydrogens is 505 g/mol. The van der Waals surface area contributed by atoms with E-state index >= 15 is 0 Å². The number of hydrogen-bond acceptors (Lipinski definition) is 4. The number of benzene rings is 3. The predicted octanol–water partition coefficient (Wildman–Crippen LogP) is 4.58. The molecule has 5 rings (SSSR count). The maximum Gasteiger partial charge on any atom is 0.231 e. The van der Waals surface area contributed by atoms with Gasteiger partial charge in [-0.2, -0.15) is 0 Å². The molecule has 210 valence electrons. The number of ether oxygens (including phenoxy) is 1. The summed E-state index contributed by atoms with van der Waals surface area (Å²) in [5, 5.41) is 6.42. The van der Waals surface area contributed by atoms with Gasteiger partial charge in [-0.3, -0.25) is 9.59 Å². The van der Waals surface area contributed by atoms with Crippen LogP contribution in [0.25, 0.3) is 0 Å². The van der Waals surface area contributed by atoms with E-state index in [4.69, 9.17) is 4.74 Å². The number of piperidine rings is 1. The van der Waals surface area contributed by atoms with Crippen LogP contribution in [0.4, 0.5) is 4.39 Å². The Kier molecular flexibility index (Phi) is 8.22. The van der Waals surface area contributed by atoms with Crippen LogP contribution in [0.15, 0.2) is 78.9 Å². The molecule has 7 heteroatoms. The largest absolute Gasteiger partial charge is 0.497 e. The molecule has 0 aromatic heterocycles. The molecule has 1 aliphatic heterocycles. The third-order valence-electron chi connectivity index (χ3n) is 8.64. The SMILES string of the molecule is COc1cccc(C2(C(=O)NCCc3ccc(F)cc3)CC2CN2CCC(NC(C)=O)(c3ccccc3)CC2)c1. The molecule has 2 N–H and O–H groups in total. The summed E-state index contributed by atoms with van der Waals surface area (Å²) in [7, 11) is 1.64. The molecule has 1 aliphatic carbocycles. The van der Waals surface area contributed by atoms with E-state index < -0.39 is 5.41 Å². The van der Waals surface area contributed by atoms with Crippen LogP contribution >= 0.6 is 0 Å². The number of nitrogens with zero attached hydrogens (tertiary/aromatic N) is 1. The number of carbonyl (C=O) groups excluding carboxylic acids is 2. The summed E-state index contributed by atoms with van der Waals surface area (Å²) >= 11 is 0. The number of halogens is 1. The highest BCUT2D eigenvalue weighted by molar-refractivity contribution is 5.92. The van der Waals surface area contributed by atoms with Crippen molar-refractivity contribution in [1.29, 1.82) is 0 Å². The fraction of sp³-hybridized carbons (Fsp3) is 0.394. The van der Waals surface area contributed by atoms with E-state index in [1.165, 1.54) is 12.1 Å². The molecular formula is C33H38FN3O3. The maximum absolute atomic E-state index is 13.8. The number of likely N-dealkylation sites (tertiary alicyclic amines) is 1. The highest BCUT2D eigenvalue weighted by atomic mass is 19.1. The third-order valence-corrected chi connectivity index (χ3v) is 8.64. The quantitative estimate of drug-likeness (QED) is 0.393. The molecule has 2 amide bonds. The summed E-state index contributed by atoms with van der Waals surface area (Å²) in [6.07, 6.45) is 3.05. The van der Waals surface area contributed by atoms with Crippen LogP contribution in [-0.2, 0) is 27.0 Å². The molecule has 2 atom stereocenters. The van der Waals surface area contributed by atoms with Crippen LogP contribution in [0.3, 0.4) is 0 Å². The Morgan fingerprint density at radius 3 is 2.35 bits per heavy atom. The monoisotopic (exact) mass is 543 g/mol. The number of methoxy groups -OCH3 is 1. The highest BCUT2D eigenvalue weighted by Gasteiger charge is 2.61. The Balaban J connectivity index is 1.27. The van der Waals surface area contributed by atoms with E-state index in [1.807, 2.05) is 42.5 Å². The van der Waals surface area contributed by atoms with Crippen LogP contribution in [0.2, 0.25) is 0 Å². The van der Waals surface area contributed by atoms with Gasteiger partial charge in [-0.25, -0.2) is 4.39 Å². The first-order valence-electron chi connectivity index (χ1n) is 14.1. The summed E-state index contributed by atoms with van der Waals surface area (Å²) in [5.41, 5.74) is 2.13. The van der Waals surface area contributed by atoms with Crippen molar-refractivity contribution in [1.82, 2.24) is 15.5 Å². The van der Waals surface area contributed by atoms with Gasteiger partial charge in [0.1, 0.15) is 11.6 Å². The minimum absolute atomic E-state index is 0.0196. The summed E-state index contributed by atoms with van der Waals surface area (Å²) in [5.74, 6) is 0.662. The number of carbonyl (C=O) groups is 2. The summed E-state index contributed by atoms with van der Waals surface area (Å²) in [4.78, 5) is 28.3. The van der Waals surface area contributed by atoms with Crippen molar-refractivity contribution in [2.24, 2.45) is 5.92 Å². The standard InChI is InChI=1S/C33H38FN3O3/c1-24(38)36-32(26-7-4-3-5-8-26)16-19-37(20-17-32)23-28-22-33(28,27-9-6-10-30(21-27)40-2)31(39)35-18-15-25-11-13-29(34)14-12-25/h3-14,21,28H,15-20,22-23H2,1-2H3,(H,35,39)(H,36,38). The van der Waals surface area contributed by atoms with Gasteiger partial charge >= 0.3 is 0 Å². The van der Waals surface area contributed by atoms with Crippen molar-refractivity contribution in [3.8, 4) is 5.75 Å². The Labute approximate surface area is 235 Å². The zero-order valence-corrected chi connectivity index (χ0v) is 23.3. The van der Waals surface area contributed by atoms with E-state index in [2.05, 4.69) is 27.7 Å². The first kappa shape index (κ1) is 27.8. The lowest BCUT2D eigenvalue weighted by Gasteiger charge is -2.43. The second-order valence-corrected chi connectivity index (χ2v) is 11.2. The number of nitrogens with one attached hydrogen (secondary N) is 2. The summed E-state index contributed by atoms with van der Waals surface area (Å²) < 4.78 is 18.7. The number of hydrogen-bond donors (Lipinski definition) is 2. The Hall–Kier alpha value is -3.71. The average Bonchev–Trinajstić information content (AvgIpc) is 3.70. The topological polar surface area (TPSA) is 70.7 Å². The average molecular weight is 544 g/mol. The molecule has 40 heavy (non-hydrogen) atoms.